The molecule has 0 unspecified atom stereocenters. The zero-order valence-electron chi connectivity index (χ0n) is 8.97. The van der Waals surface area contributed by atoms with Crippen molar-refractivity contribution in [2.75, 3.05) is 5.73 Å². The van der Waals surface area contributed by atoms with Gasteiger partial charge in [0.15, 0.2) is 5.82 Å². The minimum Gasteiger partial charge on any atom is -0.383 e. The molecule has 0 saturated heterocycles. The van der Waals surface area contributed by atoms with E-state index in [0.717, 1.165) is 9.26 Å². The summed E-state index contributed by atoms with van der Waals surface area (Å²) in [6.07, 6.45) is 7.28. The molecule has 1 fully saturated rings. The number of nitrogens with two attached hydrogens (primary N) is 1. The van der Waals surface area contributed by atoms with Gasteiger partial charge in [0.2, 0.25) is 0 Å². The van der Waals surface area contributed by atoms with E-state index in [1.807, 2.05) is 0 Å². The van der Waals surface area contributed by atoms with E-state index in [2.05, 4.69) is 42.5 Å². The topological polar surface area (TPSA) is 77.6 Å². The van der Waals surface area contributed by atoms with Crippen molar-refractivity contribution in [2.24, 2.45) is 0 Å². The molecule has 1 aliphatic carbocycles. The lowest BCUT2D eigenvalue weighted by molar-refractivity contribution is 0.974. The van der Waals surface area contributed by atoms with Gasteiger partial charge in [-0.1, -0.05) is 0 Å². The van der Waals surface area contributed by atoms with E-state index >= 15 is 0 Å². The summed E-state index contributed by atoms with van der Waals surface area (Å²) in [5.74, 6) is 1.64. The van der Waals surface area contributed by atoms with E-state index in [4.69, 9.17) is 5.73 Å². The molecule has 0 aromatic carbocycles. The monoisotopic (exact) mass is 339 g/mol. The lowest BCUT2D eigenvalue weighted by Gasteiger charge is -2.07. The van der Waals surface area contributed by atoms with Gasteiger partial charge in [0.25, 0.3) is 0 Å². The van der Waals surface area contributed by atoms with Gasteiger partial charge in [-0.3, -0.25) is 4.98 Å². The maximum absolute atomic E-state index is 5.92. The SMILES string of the molecule is Nc1nc(-c2cnccn2)nc(C2CC2)c1I. The molecule has 2 aromatic rings. The Balaban J connectivity index is 2.12. The number of nitrogens with zero attached hydrogens (tertiary/aromatic N) is 4. The quantitative estimate of drug-likeness (QED) is 0.847. The molecule has 2 heterocycles. The summed E-state index contributed by atoms with van der Waals surface area (Å²) in [6.45, 7) is 0. The molecule has 86 valence electrons. The molecule has 0 radical (unpaired) electrons. The third-order valence-corrected chi connectivity index (χ3v) is 3.76. The molecule has 6 heteroatoms. The molecule has 0 atom stereocenters. The highest BCUT2D eigenvalue weighted by Gasteiger charge is 2.29. The van der Waals surface area contributed by atoms with E-state index in [0.29, 0.717) is 23.3 Å². The summed E-state index contributed by atoms with van der Waals surface area (Å²) in [5, 5.41) is 0. The summed E-state index contributed by atoms with van der Waals surface area (Å²) < 4.78 is 0.970. The normalized spacial score (nSPS) is 14.9. The van der Waals surface area contributed by atoms with Gasteiger partial charge in [-0.2, -0.15) is 0 Å². The third kappa shape index (κ3) is 2.08. The molecule has 3 rings (SSSR count). The summed E-state index contributed by atoms with van der Waals surface area (Å²) in [5.41, 5.74) is 7.64. The minimum absolute atomic E-state index is 0.531. The van der Waals surface area contributed by atoms with Gasteiger partial charge in [-0.15, -0.1) is 0 Å². The highest BCUT2D eigenvalue weighted by molar-refractivity contribution is 14.1. The van der Waals surface area contributed by atoms with Crippen LogP contribution in [0.15, 0.2) is 18.6 Å². The molecule has 0 amide bonds. The summed E-state index contributed by atoms with van der Waals surface area (Å²) in [4.78, 5) is 17.0. The number of hydrogen-bond donors (Lipinski definition) is 1. The van der Waals surface area contributed by atoms with E-state index in [1.54, 1.807) is 18.6 Å². The van der Waals surface area contributed by atoms with Crippen molar-refractivity contribution in [3.8, 4) is 11.5 Å². The van der Waals surface area contributed by atoms with Gasteiger partial charge in [0.1, 0.15) is 11.5 Å². The average molecular weight is 339 g/mol. The van der Waals surface area contributed by atoms with Crippen molar-refractivity contribution < 1.29 is 0 Å². The molecule has 1 aliphatic rings. The van der Waals surface area contributed by atoms with Gasteiger partial charge in [-0.25, -0.2) is 15.0 Å². The van der Waals surface area contributed by atoms with Gasteiger partial charge in [0, 0.05) is 18.3 Å². The summed E-state index contributed by atoms with van der Waals surface area (Å²) >= 11 is 2.21. The first kappa shape index (κ1) is 10.8. The highest BCUT2D eigenvalue weighted by atomic mass is 127. The van der Waals surface area contributed by atoms with E-state index in [-0.39, 0.29) is 0 Å². The zero-order chi connectivity index (χ0) is 11.8. The maximum atomic E-state index is 5.92. The molecular weight excluding hydrogens is 329 g/mol. The molecule has 2 N–H and O–H groups in total. The summed E-state index contributed by atoms with van der Waals surface area (Å²) in [7, 11) is 0. The van der Waals surface area contributed by atoms with Crippen LogP contribution in [0, 0.1) is 3.57 Å². The van der Waals surface area contributed by atoms with Gasteiger partial charge in [0.05, 0.1) is 15.5 Å². The Morgan fingerprint density at radius 1 is 1.24 bits per heavy atom. The highest BCUT2D eigenvalue weighted by Crippen LogP contribution is 2.42. The van der Waals surface area contributed by atoms with Crippen LogP contribution in [0.25, 0.3) is 11.5 Å². The number of hydrogen-bond acceptors (Lipinski definition) is 5. The fraction of sp³-hybridized carbons (Fsp3) is 0.273. The number of anilines is 1. The fourth-order valence-corrected chi connectivity index (χ4v) is 2.32. The Hall–Kier alpha value is -1.31. The van der Waals surface area contributed by atoms with Crippen molar-refractivity contribution in [1.82, 2.24) is 19.9 Å². The Morgan fingerprint density at radius 2 is 2.06 bits per heavy atom. The van der Waals surface area contributed by atoms with Crippen molar-refractivity contribution in [2.45, 2.75) is 18.8 Å². The predicted molar refractivity (Wildman–Crippen MR) is 72.2 cm³/mol. The van der Waals surface area contributed by atoms with Crippen molar-refractivity contribution in [3.05, 3.63) is 27.9 Å². The Morgan fingerprint density at radius 3 is 2.71 bits per heavy atom. The van der Waals surface area contributed by atoms with E-state index in [9.17, 15) is 0 Å². The second-order valence-corrected chi connectivity index (χ2v) is 5.08. The average Bonchev–Trinajstić information content (AvgIpc) is 3.18. The van der Waals surface area contributed by atoms with E-state index < -0.39 is 0 Å². The first-order chi connectivity index (χ1) is 8.25. The molecule has 1 saturated carbocycles. The van der Waals surface area contributed by atoms with Crippen LogP contribution in [0.2, 0.25) is 0 Å². The number of rotatable bonds is 2. The first-order valence-corrected chi connectivity index (χ1v) is 6.43. The largest absolute Gasteiger partial charge is 0.383 e. The molecule has 0 spiro atoms. The predicted octanol–water partition coefficient (Wildman–Crippen LogP) is 2.00. The van der Waals surface area contributed by atoms with Gasteiger partial charge < -0.3 is 5.73 Å². The van der Waals surface area contributed by atoms with Crippen LogP contribution in [0.5, 0.6) is 0 Å². The minimum atomic E-state index is 0.531. The zero-order valence-corrected chi connectivity index (χ0v) is 11.1. The number of nitrogen functional groups attached to an aromatic ring is 1. The summed E-state index contributed by atoms with van der Waals surface area (Å²) in [6, 6.07) is 0. The third-order valence-electron chi connectivity index (χ3n) is 2.66. The molecule has 0 bridgehead atoms. The van der Waals surface area contributed by atoms with Crippen LogP contribution in [-0.2, 0) is 0 Å². The second-order valence-electron chi connectivity index (χ2n) is 4.00. The molecular formula is C11H10IN5. The van der Waals surface area contributed by atoms with Crippen LogP contribution in [0.3, 0.4) is 0 Å². The second kappa shape index (κ2) is 4.17. The van der Waals surface area contributed by atoms with Crippen LogP contribution in [-0.4, -0.2) is 19.9 Å². The lowest BCUT2D eigenvalue weighted by Crippen LogP contribution is -2.05. The van der Waals surface area contributed by atoms with Crippen molar-refractivity contribution in [3.63, 3.8) is 0 Å². The van der Waals surface area contributed by atoms with Crippen LogP contribution < -0.4 is 5.73 Å². The van der Waals surface area contributed by atoms with Crippen molar-refractivity contribution in [1.29, 1.82) is 0 Å². The lowest BCUT2D eigenvalue weighted by atomic mass is 10.2. The van der Waals surface area contributed by atoms with Crippen molar-refractivity contribution >= 4 is 28.4 Å². The molecule has 5 nitrogen and oxygen atoms in total. The van der Waals surface area contributed by atoms with Crippen LogP contribution >= 0.6 is 22.6 Å². The molecule has 2 aromatic heterocycles. The van der Waals surface area contributed by atoms with Gasteiger partial charge in [-0.05, 0) is 35.4 Å². The maximum Gasteiger partial charge on any atom is 0.182 e. The van der Waals surface area contributed by atoms with Crippen LogP contribution in [0.1, 0.15) is 24.5 Å². The first-order valence-electron chi connectivity index (χ1n) is 5.35. The number of aromatic nitrogens is 4. The molecule has 0 aliphatic heterocycles. The Bertz CT molecular complexity index is 553. The standard InChI is InChI=1S/C11H10IN5/c12-8-9(6-1-2-6)16-11(17-10(8)13)7-5-14-3-4-15-7/h3-6H,1-2H2,(H2,13,16,17). The number of halogens is 1. The smallest absolute Gasteiger partial charge is 0.182 e. The Kier molecular flexibility index (Phi) is 2.65. The van der Waals surface area contributed by atoms with Crippen LogP contribution in [0.4, 0.5) is 5.82 Å². The molecule has 17 heavy (non-hydrogen) atoms. The van der Waals surface area contributed by atoms with Gasteiger partial charge >= 0.3 is 0 Å². The fourth-order valence-electron chi connectivity index (χ4n) is 1.64. The van der Waals surface area contributed by atoms with E-state index in [1.165, 1.54) is 12.8 Å². The Labute approximate surface area is 112 Å².